The third kappa shape index (κ3) is 4.84. The Labute approximate surface area is 135 Å². The van der Waals surface area contributed by atoms with Crippen molar-refractivity contribution in [3.05, 3.63) is 30.0 Å². The molecule has 0 saturated heterocycles. The quantitative estimate of drug-likeness (QED) is 0.861. The van der Waals surface area contributed by atoms with Crippen LogP contribution in [0.5, 0.6) is 0 Å². The van der Waals surface area contributed by atoms with Crippen molar-refractivity contribution in [1.29, 1.82) is 0 Å². The van der Waals surface area contributed by atoms with Crippen LogP contribution in [0.2, 0.25) is 0 Å². The molecule has 0 spiro atoms. The SMILES string of the molecule is CCCCc1cc2cc(NS(C)(=O)=O)ccc2o1.[Na]. The maximum Gasteiger partial charge on any atom is 0.229 e. The van der Waals surface area contributed by atoms with Crippen LogP contribution in [0.25, 0.3) is 11.0 Å². The molecule has 0 amide bonds. The van der Waals surface area contributed by atoms with E-state index in [1.54, 1.807) is 18.2 Å². The summed E-state index contributed by atoms with van der Waals surface area (Å²) < 4.78 is 30.4. The molecule has 1 N–H and O–H groups in total. The van der Waals surface area contributed by atoms with Gasteiger partial charge in [-0.2, -0.15) is 0 Å². The Morgan fingerprint density at radius 3 is 2.63 bits per heavy atom. The van der Waals surface area contributed by atoms with Crippen molar-refractivity contribution in [2.45, 2.75) is 26.2 Å². The van der Waals surface area contributed by atoms with Gasteiger partial charge in [0, 0.05) is 47.1 Å². The molecule has 0 atom stereocenters. The molecule has 6 heteroatoms. The Morgan fingerprint density at radius 2 is 2.00 bits per heavy atom. The molecular formula is C13H17NNaO3S. The van der Waals surface area contributed by atoms with Gasteiger partial charge in [0.15, 0.2) is 0 Å². The van der Waals surface area contributed by atoms with Gasteiger partial charge in [-0.25, -0.2) is 8.42 Å². The van der Waals surface area contributed by atoms with Gasteiger partial charge in [-0.15, -0.1) is 0 Å². The number of nitrogens with one attached hydrogen (secondary N) is 1. The van der Waals surface area contributed by atoms with Gasteiger partial charge < -0.3 is 4.42 Å². The summed E-state index contributed by atoms with van der Waals surface area (Å²) in [6, 6.07) is 7.25. The van der Waals surface area contributed by atoms with E-state index in [4.69, 9.17) is 4.42 Å². The number of hydrogen-bond acceptors (Lipinski definition) is 3. The largest absolute Gasteiger partial charge is 0.461 e. The molecule has 0 unspecified atom stereocenters. The number of benzene rings is 1. The van der Waals surface area contributed by atoms with Gasteiger partial charge in [-0.05, 0) is 30.7 Å². The number of anilines is 1. The number of unbranched alkanes of at least 4 members (excludes halogenated alkanes) is 1. The van der Waals surface area contributed by atoms with Crippen molar-refractivity contribution >= 4 is 56.2 Å². The predicted molar refractivity (Wildman–Crippen MR) is 79.0 cm³/mol. The van der Waals surface area contributed by atoms with Crippen molar-refractivity contribution in [3.8, 4) is 0 Å². The Bertz CT molecular complexity index is 649. The summed E-state index contributed by atoms with van der Waals surface area (Å²) in [4.78, 5) is 0. The van der Waals surface area contributed by atoms with Crippen LogP contribution < -0.4 is 4.72 Å². The van der Waals surface area contributed by atoms with Gasteiger partial charge >= 0.3 is 0 Å². The average molecular weight is 290 g/mol. The topological polar surface area (TPSA) is 59.3 Å². The molecule has 2 rings (SSSR count). The van der Waals surface area contributed by atoms with E-state index in [0.29, 0.717) is 5.69 Å². The van der Waals surface area contributed by atoms with E-state index in [0.717, 1.165) is 42.2 Å². The van der Waals surface area contributed by atoms with Crippen molar-refractivity contribution in [1.82, 2.24) is 0 Å². The molecule has 1 aromatic carbocycles. The standard InChI is InChI=1S/C13H17NO3S.Na/c1-3-4-5-12-9-10-8-11(14-18(2,15)16)6-7-13(10)17-12;/h6-9,14H,3-5H2,1-2H3;. The first-order valence-electron chi connectivity index (χ1n) is 5.98. The van der Waals surface area contributed by atoms with Crippen LogP contribution in [0.3, 0.4) is 0 Å². The summed E-state index contributed by atoms with van der Waals surface area (Å²) >= 11 is 0. The smallest absolute Gasteiger partial charge is 0.229 e. The number of hydrogen-bond donors (Lipinski definition) is 1. The predicted octanol–water partition coefficient (Wildman–Crippen LogP) is 2.77. The van der Waals surface area contributed by atoms with Crippen LogP contribution in [0.4, 0.5) is 5.69 Å². The first-order chi connectivity index (χ1) is 8.48. The molecular weight excluding hydrogens is 273 g/mol. The molecule has 4 nitrogen and oxygen atoms in total. The molecule has 0 saturated carbocycles. The molecule has 0 aliphatic carbocycles. The second kappa shape index (κ2) is 6.79. The molecule has 0 bridgehead atoms. The summed E-state index contributed by atoms with van der Waals surface area (Å²) in [6.07, 6.45) is 4.27. The zero-order valence-corrected chi connectivity index (χ0v) is 14.4. The summed E-state index contributed by atoms with van der Waals surface area (Å²) in [5, 5.41) is 0.926. The zero-order chi connectivity index (χ0) is 13.2. The number of fused-ring (bicyclic) bond motifs is 1. The fraction of sp³-hybridized carbons (Fsp3) is 0.385. The van der Waals surface area contributed by atoms with Crippen LogP contribution in [-0.2, 0) is 16.4 Å². The maximum absolute atomic E-state index is 11.1. The van der Waals surface area contributed by atoms with Crippen LogP contribution in [0.1, 0.15) is 25.5 Å². The van der Waals surface area contributed by atoms with Gasteiger partial charge in [-0.3, -0.25) is 4.72 Å². The third-order valence-electron chi connectivity index (χ3n) is 2.65. The van der Waals surface area contributed by atoms with E-state index in [-0.39, 0.29) is 29.6 Å². The van der Waals surface area contributed by atoms with Crippen molar-refractivity contribution in [3.63, 3.8) is 0 Å². The number of furan rings is 1. The number of aryl methyl sites for hydroxylation is 1. The third-order valence-corrected chi connectivity index (χ3v) is 3.25. The second-order valence-electron chi connectivity index (χ2n) is 4.44. The minimum atomic E-state index is -3.23. The Hall–Kier alpha value is -0.490. The van der Waals surface area contributed by atoms with E-state index >= 15 is 0 Å². The van der Waals surface area contributed by atoms with Crippen LogP contribution in [0.15, 0.2) is 28.7 Å². The van der Waals surface area contributed by atoms with E-state index in [9.17, 15) is 8.42 Å². The molecule has 1 radical (unpaired) electrons. The summed E-state index contributed by atoms with van der Waals surface area (Å²) in [6.45, 7) is 2.14. The monoisotopic (exact) mass is 290 g/mol. The molecule has 0 aliphatic heterocycles. The molecule has 1 aromatic heterocycles. The first-order valence-corrected chi connectivity index (χ1v) is 7.87. The van der Waals surface area contributed by atoms with Crippen LogP contribution in [0, 0.1) is 0 Å². The van der Waals surface area contributed by atoms with E-state index < -0.39 is 10.0 Å². The van der Waals surface area contributed by atoms with Crippen molar-refractivity contribution in [2.24, 2.45) is 0 Å². The Morgan fingerprint density at radius 1 is 1.26 bits per heavy atom. The number of sulfonamides is 1. The van der Waals surface area contributed by atoms with Gasteiger partial charge in [-0.1, -0.05) is 13.3 Å². The first kappa shape index (κ1) is 16.6. The average Bonchev–Trinajstić information content (AvgIpc) is 2.66. The van der Waals surface area contributed by atoms with E-state index in [2.05, 4.69) is 11.6 Å². The Balaban J connectivity index is 0.00000180. The van der Waals surface area contributed by atoms with Crippen molar-refractivity contribution < 1.29 is 12.8 Å². The summed E-state index contributed by atoms with van der Waals surface area (Å²) in [5.41, 5.74) is 1.35. The minimum absolute atomic E-state index is 0. The maximum atomic E-state index is 11.1. The van der Waals surface area contributed by atoms with Crippen LogP contribution >= 0.6 is 0 Å². The minimum Gasteiger partial charge on any atom is -0.461 e. The Kier molecular flexibility index (Phi) is 5.92. The summed E-state index contributed by atoms with van der Waals surface area (Å²) in [7, 11) is -3.23. The van der Waals surface area contributed by atoms with E-state index in [1.807, 2.05) is 6.07 Å². The van der Waals surface area contributed by atoms with Crippen molar-refractivity contribution in [2.75, 3.05) is 11.0 Å². The second-order valence-corrected chi connectivity index (χ2v) is 6.19. The normalized spacial score (nSPS) is 11.3. The number of rotatable bonds is 5. The fourth-order valence-corrected chi connectivity index (χ4v) is 2.41. The molecule has 0 aliphatic rings. The van der Waals surface area contributed by atoms with Gasteiger partial charge in [0.05, 0.1) is 6.26 Å². The van der Waals surface area contributed by atoms with E-state index in [1.165, 1.54) is 0 Å². The summed E-state index contributed by atoms with van der Waals surface area (Å²) in [5.74, 6) is 0.948. The molecule has 2 aromatic rings. The van der Waals surface area contributed by atoms with Crippen LogP contribution in [-0.4, -0.2) is 44.2 Å². The van der Waals surface area contributed by atoms with Gasteiger partial charge in [0.2, 0.25) is 10.0 Å². The molecule has 1 heterocycles. The van der Waals surface area contributed by atoms with Gasteiger partial charge in [0.1, 0.15) is 11.3 Å². The van der Waals surface area contributed by atoms with Gasteiger partial charge in [0.25, 0.3) is 0 Å². The zero-order valence-electron chi connectivity index (χ0n) is 11.6. The molecule has 0 fully saturated rings. The molecule has 19 heavy (non-hydrogen) atoms. The molecule has 99 valence electrons. The fourth-order valence-electron chi connectivity index (χ4n) is 1.85.